The second-order valence-corrected chi connectivity index (χ2v) is 4.09. The van der Waals surface area contributed by atoms with Gasteiger partial charge in [-0.15, -0.1) is 0 Å². The molecule has 2 N–H and O–H groups in total. The molecule has 2 rings (SSSR count). The molecule has 3 heteroatoms. The highest BCUT2D eigenvalue weighted by atomic mass is 31.0. The summed E-state index contributed by atoms with van der Waals surface area (Å²) in [4.78, 5) is 0. The Morgan fingerprint density at radius 2 is 2.07 bits per heavy atom. The summed E-state index contributed by atoms with van der Waals surface area (Å²) in [6.45, 7) is 1.13. The highest BCUT2D eigenvalue weighted by Gasteiger charge is 2.24. The van der Waals surface area contributed by atoms with E-state index in [-0.39, 0.29) is 0 Å². The highest BCUT2D eigenvalue weighted by Crippen LogP contribution is 2.23. The van der Waals surface area contributed by atoms with Crippen LogP contribution in [0.1, 0.15) is 24.4 Å². The van der Waals surface area contributed by atoms with E-state index in [1.165, 1.54) is 18.4 Å². The molecule has 1 saturated heterocycles. The number of hydrogen-bond acceptors (Lipinski definition) is 2. The maximum Gasteiger partial charge on any atom is 0.0478 e. The van der Waals surface area contributed by atoms with Gasteiger partial charge in [-0.05, 0) is 24.9 Å². The van der Waals surface area contributed by atoms with Crippen molar-refractivity contribution in [3.63, 3.8) is 0 Å². The third-order valence-electron chi connectivity index (χ3n) is 2.83. The van der Waals surface area contributed by atoms with Gasteiger partial charge >= 0.3 is 0 Å². The van der Waals surface area contributed by atoms with Gasteiger partial charge in [-0.25, -0.2) is 0 Å². The third kappa shape index (κ3) is 2.14. The third-order valence-corrected chi connectivity index (χ3v) is 3.26. The van der Waals surface area contributed by atoms with Crippen LogP contribution in [0.4, 0.5) is 0 Å². The lowest BCUT2D eigenvalue weighted by Crippen LogP contribution is -2.42. The van der Waals surface area contributed by atoms with Crippen LogP contribution in [0, 0.1) is 0 Å². The Morgan fingerprint density at radius 3 is 2.79 bits per heavy atom. The van der Waals surface area contributed by atoms with Gasteiger partial charge < -0.3 is 5.32 Å². The van der Waals surface area contributed by atoms with Crippen molar-refractivity contribution in [3.05, 3.63) is 35.9 Å². The van der Waals surface area contributed by atoms with Gasteiger partial charge in [0.1, 0.15) is 0 Å². The summed E-state index contributed by atoms with van der Waals surface area (Å²) in [6, 6.07) is 11.7. The van der Waals surface area contributed by atoms with Crippen LogP contribution in [0.15, 0.2) is 30.3 Å². The summed E-state index contributed by atoms with van der Waals surface area (Å²) in [6.07, 6.45) is 2.51. The molecule has 0 radical (unpaired) electrons. The first-order chi connectivity index (χ1) is 6.92. The van der Waals surface area contributed by atoms with Crippen LogP contribution in [0.25, 0.3) is 0 Å². The molecule has 1 aromatic rings. The van der Waals surface area contributed by atoms with Crippen molar-refractivity contribution in [2.45, 2.75) is 24.9 Å². The minimum Gasteiger partial charge on any atom is -0.309 e. The fourth-order valence-electron chi connectivity index (χ4n) is 2.08. The number of rotatable bonds is 2. The normalized spacial score (nSPS) is 27.5. The molecule has 0 bridgehead atoms. The SMILES string of the molecule is PNC1CCCNC1c1ccccc1. The van der Waals surface area contributed by atoms with Crippen LogP contribution in [0.5, 0.6) is 0 Å². The van der Waals surface area contributed by atoms with Gasteiger partial charge in [0.15, 0.2) is 0 Å². The lowest BCUT2D eigenvalue weighted by molar-refractivity contribution is 0.343. The van der Waals surface area contributed by atoms with Crippen molar-refractivity contribution in [3.8, 4) is 0 Å². The summed E-state index contributed by atoms with van der Waals surface area (Å²) < 4.78 is 0. The van der Waals surface area contributed by atoms with Crippen LogP contribution in [0.2, 0.25) is 0 Å². The quantitative estimate of drug-likeness (QED) is 0.725. The molecule has 0 aliphatic carbocycles. The number of benzene rings is 1. The van der Waals surface area contributed by atoms with Gasteiger partial charge in [0, 0.05) is 12.1 Å². The second kappa shape index (κ2) is 4.88. The van der Waals surface area contributed by atoms with E-state index in [0.29, 0.717) is 12.1 Å². The molecule has 1 aliphatic heterocycles. The van der Waals surface area contributed by atoms with E-state index in [1.807, 2.05) is 0 Å². The smallest absolute Gasteiger partial charge is 0.0478 e. The molecular weight excluding hydrogens is 191 g/mol. The topological polar surface area (TPSA) is 24.1 Å². The van der Waals surface area contributed by atoms with Crippen molar-refractivity contribution in [1.82, 2.24) is 10.4 Å². The van der Waals surface area contributed by atoms with E-state index in [9.17, 15) is 0 Å². The maximum atomic E-state index is 3.56. The van der Waals surface area contributed by atoms with Crippen molar-refractivity contribution < 1.29 is 0 Å². The molecule has 1 aliphatic rings. The summed E-state index contributed by atoms with van der Waals surface area (Å²) >= 11 is 0. The number of piperidine rings is 1. The van der Waals surface area contributed by atoms with E-state index >= 15 is 0 Å². The zero-order valence-corrected chi connectivity index (χ0v) is 9.39. The summed E-state index contributed by atoms with van der Waals surface area (Å²) in [5, 5.41) is 6.87. The lowest BCUT2D eigenvalue weighted by atomic mass is 9.93. The first kappa shape index (κ1) is 10.1. The first-order valence-corrected chi connectivity index (χ1v) is 5.74. The van der Waals surface area contributed by atoms with E-state index in [2.05, 4.69) is 50.1 Å². The summed E-state index contributed by atoms with van der Waals surface area (Å²) in [5.74, 6) is 0. The van der Waals surface area contributed by atoms with E-state index in [1.54, 1.807) is 0 Å². The molecule has 3 atom stereocenters. The molecule has 76 valence electrons. The molecule has 1 fully saturated rings. The van der Waals surface area contributed by atoms with Gasteiger partial charge in [0.05, 0.1) is 0 Å². The Balaban J connectivity index is 2.15. The molecule has 0 amide bonds. The van der Waals surface area contributed by atoms with Crippen LogP contribution in [-0.2, 0) is 0 Å². The molecule has 0 spiro atoms. The van der Waals surface area contributed by atoms with Crippen LogP contribution in [0.3, 0.4) is 0 Å². The van der Waals surface area contributed by atoms with Gasteiger partial charge in [-0.3, -0.25) is 5.09 Å². The monoisotopic (exact) mass is 208 g/mol. The molecule has 2 nitrogen and oxygen atoms in total. The standard InChI is InChI=1S/C11H17N2P/c14-13-10-7-4-8-12-11(10)9-5-2-1-3-6-9/h1-3,5-6,10-13H,4,7-8,14H2. The van der Waals surface area contributed by atoms with Crippen LogP contribution in [-0.4, -0.2) is 12.6 Å². The Hall–Kier alpha value is -0.430. The van der Waals surface area contributed by atoms with E-state index < -0.39 is 0 Å². The molecule has 1 heterocycles. The minimum absolute atomic E-state index is 0.461. The molecule has 0 saturated carbocycles. The predicted molar refractivity (Wildman–Crippen MR) is 63.1 cm³/mol. The molecule has 0 aromatic heterocycles. The van der Waals surface area contributed by atoms with Crippen molar-refractivity contribution in [1.29, 1.82) is 0 Å². The van der Waals surface area contributed by atoms with Gasteiger partial charge in [-0.1, -0.05) is 39.7 Å². The van der Waals surface area contributed by atoms with Crippen molar-refractivity contribution in [2.75, 3.05) is 6.54 Å². The Bertz CT molecular complexity index is 276. The molecule has 14 heavy (non-hydrogen) atoms. The summed E-state index contributed by atoms with van der Waals surface area (Å²) in [7, 11) is 2.63. The van der Waals surface area contributed by atoms with Gasteiger partial charge in [0.2, 0.25) is 0 Å². The number of nitrogens with one attached hydrogen (secondary N) is 2. The Labute approximate surface area is 87.7 Å². The summed E-state index contributed by atoms with van der Waals surface area (Å²) in [5.41, 5.74) is 1.38. The molecule has 1 aromatic carbocycles. The number of hydrogen-bond donors (Lipinski definition) is 2. The molecule has 3 unspecified atom stereocenters. The lowest BCUT2D eigenvalue weighted by Gasteiger charge is -2.32. The predicted octanol–water partition coefficient (Wildman–Crippen LogP) is 1.86. The zero-order valence-electron chi connectivity index (χ0n) is 8.24. The maximum absolute atomic E-state index is 3.56. The Morgan fingerprint density at radius 1 is 1.29 bits per heavy atom. The zero-order chi connectivity index (χ0) is 9.80. The van der Waals surface area contributed by atoms with Gasteiger partial charge in [-0.2, -0.15) is 0 Å². The van der Waals surface area contributed by atoms with Crippen molar-refractivity contribution in [2.24, 2.45) is 0 Å². The highest BCUT2D eigenvalue weighted by molar-refractivity contribution is 7.13. The fourth-order valence-corrected chi connectivity index (χ4v) is 2.44. The largest absolute Gasteiger partial charge is 0.309 e. The average molecular weight is 208 g/mol. The Kier molecular flexibility index (Phi) is 3.52. The van der Waals surface area contributed by atoms with Crippen molar-refractivity contribution >= 4 is 9.39 Å². The second-order valence-electron chi connectivity index (χ2n) is 3.76. The van der Waals surface area contributed by atoms with Gasteiger partial charge in [0.25, 0.3) is 0 Å². The average Bonchev–Trinajstić information content (AvgIpc) is 2.30. The first-order valence-electron chi connectivity index (χ1n) is 5.16. The van der Waals surface area contributed by atoms with E-state index in [4.69, 9.17) is 0 Å². The van der Waals surface area contributed by atoms with Crippen LogP contribution >= 0.6 is 9.39 Å². The van der Waals surface area contributed by atoms with E-state index in [0.717, 1.165) is 6.54 Å². The molecular formula is C11H17N2P. The van der Waals surface area contributed by atoms with Crippen LogP contribution < -0.4 is 10.4 Å². The minimum atomic E-state index is 0.461. The fraction of sp³-hybridized carbons (Fsp3) is 0.455.